The van der Waals surface area contributed by atoms with E-state index >= 15 is 0 Å². The Balaban J connectivity index is 1.31. The first-order valence-electron chi connectivity index (χ1n) is 10.5. The van der Waals surface area contributed by atoms with Crippen molar-refractivity contribution in [3.8, 4) is 11.8 Å². The highest BCUT2D eigenvalue weighted by Crippen LogP contribution is 2.38. The minimum atomic E-state index is -4.59. The predicted octanol–water partition coefficient (Wildman–Crippen LogP) is 4.43. The predicted molar refractivity (Wildman–Crippen MR) is 120 cm³/mol. The Morgan fingerprint density at radius 1 is 1.19 bits per heavy atom. The maximum atomic E-state index is 13.3. The molecule has 0 radical (unpaired) electrons. The number of carbonyl (C=O) groups excluding carboxylic acids is 2. The number of pyridine rings is 1. The number of ether oxygens (including phenoxy) is 2. The SMILES string of the molecule is COc1cc(OC(=O)NC2(C(=O)NCc3ccc(Nc4ccc(Cl)cc4C(F)(F)F)cn3)CC2)on1. The number of carbonyl (C=O) groups is 2. The number of anilines is 2. The van der Waals surface area contributed by atoms with Gasteiger partial charge in [-0.3, -0.25) is 9.78 Å². The topological polar surface area (TPSA) is 128 Å². The van der Waals surface area contributed by atoms with Crippen LogP contribution in [-0.4, -0.2) is 34.8 Å². The van der Waals surface area contributed by atoms with Crippen LogP contribution in [0.5, 0.6) is 11.8 Å². The molecule has 3 aromatic rings. The summed E-state index contributed by atoms with van der Waals surface area (Å²) in [4.78, 5) is 28.9. The third-order valence-corrected chi connectivity index (χ3v) is 5.45. The minimum Gasteiger partial charge on any atom is -0.479 e. The molecule has 1 aliphatic rings. The highest BCUT2D eigenvalue weighted by molar-refractivity contribution is 6.30. The van der Waals surface area contributed by atoms with Crippen LogP contribution in [0.3, 0.4) is 0 Å². The number of benzene rings is 1. The molecule has 4 rings (SSSR count). The Labute approximate surface area is 207 Å². The van der Waals surface area contributed by atoms with Crippen LogP contribution in [0.4, 0.5) is 29.3 Å². The van der Waals surface area contributed by atoms with E-state index in [4.69, 9.17) is 25.6 Å². The molecule has 0 saturated heterocycles. The standard InChI is InChI=1S/C22H19ClF3N5O5/c1-34-17-9-18(36-31-17)35-20(33)30-21(6-7-21)19(32)28-10-13-3-4-14(11-27-13)29-16-5-2-12(23)8-15(16)22(24,25)26/h2-5,8-9,11,29H,6-7,10H2,1H3,(H,28,32)(H,30,33). The summed E-state index contributed by atoms with van der Waals surface area (Å²) >= 11 is 5.70. The number of nitrogens with one attached hydrogen (secondary N) is 3. The smallest absolute Gasteiger partial charge is 0.418 e. The second-order valence-corrected chi connectivity index (χ2v) is 8.25. The number of nitrogens with zero attached hydrogens (tertiary/aromatic N) is 2. The van der Waals surface area contributed by atoms with E-state index in [0.717, 1.165) is 6.07 Å². The molecule has 0 unspecified atom stereocenters. The second kappa shape index (κ2) is 9.93. The number of hydrogen-bond acceptors (Lipinski definition) is 8. The molecular weight excluding hydrogens is 507 g/mol. The average molecular weight is 526 g/mol. The number of halogens is 4. The van der Waals surface area contributed by atoms with E-state index in [1.807, 2.05) is 0 Å². The third-order valence-electron chi connectivity index (χ3n) is 5.22. The van der Waals surface area contributed by atoms with Crippen molar-refractivity contribution >= 4 is 35.0 Å². The summed E-state index contributed by atoms with van der Waals surface area (Å²) in [6, 6.07) is 7.74. The lowest BCUT2D eigenvalue weighted by Crippen LogP contribution is -2.49. The van der Waals surface area contributed by atoms with Gasteiger partial charge in [0, 0.05) is 5.02 Å². The van der Waals surface area contributed by atoms with E-state index in [2.05, 4.69) is 26.1 Å². The molecule has 0 bridgehead atoms. The van der Waals surface area contributed by atoms with Gasteiger partial charge >= 0.3 is 18.2 Å². The van der Waals surface area contributed by atoms with E-state index < -0.39 is 29.3 Å². The van der Waals surface area contributed by atoms with Gasteiger partial charge in [-0.05, 0) is 48.3 Å². The van der Waals surface area contributed by atoms with Crippen LogP contribution >= 0.6 is 11.6 Å². The Bertz CT molecular complexity index is 1260. The van der Waals surface area contributed by atoms with Crippen molar-refractivity contribution in [2.24, 2.45) is 0 Å². The fourth-order valence-corrected chi connectivity index (χ4v) is 3.36. The highest BCUT2D eigenvalue weighted by atomic mass is 35.5. The summed E-state index contributed by atoms with van der Waals surface area (Å²) in [5.74, 6) is -0.506. The summed E-state index contributed by atoms with van der Waals surface area (Å²) in [5, 5.41) is 11.3. The van der Waals surface area contributed by atoms with Crippen LogP contribution in [0.1, 0.15) is 24.1 Å². The maximum Gasteiger partial charge on any atom is 0.418 e. The van der Waals surface area contributed by atoms with Gasteiger partial charge in [0.15, 0.2) is 0 Å². The van der Waals surface area contributed by atoms with Gasteiger partial charge < -0.3 is 29.9 Å². The van der Waals surface area contributed by atoms with E-state index in [1.165, 1.54) is 37.6 Å². The molecule has 1 aromatic carbocycles. The highest BCUT2D eigenvalue weighted by Gasteiger charge is 2.51. The molecule has 1 saturated carbocycles. The van der Waals surface area contributed by atoms with E-state index in [1.54, 1.807) is 6.07 Å². The van der Waals surface area contributed by atoms with Crippen LogP contribution in [0.15, 0.2) is 47.1 Å². The number of rotatable bonds is 8. The third kappa shape index (κ3) is 5.97. The van der Waals surface area contributed by atoms with Crippen molar-refractivity contribution < 1.29 is 36.8 Å². The summed E-state index contributed by atoms with van der Waals surface area (Å²) in [6.07, 6.45) is -3.33. The second-order valence-electron chi connectivity index (χ2n) is 7.82. The van der Waals surface area contributed by atoms with Crippen molar-refractivity contribution in [2.75, 3.05) is 12.4 Å². The lowest BCUT2D eigenvalue weighted by Gasteiger charge is -2.16. The molecule has 2 aromatic heterocycles. The molecule has 36 heavy (non-hydrogen) atoms. The Kier molecular flexibility index (Phi) is 6.93. The Morgan fingerprint density at radius 3 is 2.58 bits per heavy atom. The van der Waals surface area contributed by atoms with Gasteiger partial charge in [0.25, 0.3) is 5.88 Å². The molecule has 3 N–H and O–H groups in total. The van der Waals surface area contributed by atoms with Crippen LogP contribution in [0.25, 0.3) is 0 Å². The normalized spacial score (nSPS) is 14.0. The van der Waals surface area contributed by atoms with Crippen molar-refractivity contribution in [1.82, 2.24) is 20.8 Å². The van der Waals surface area contributed by atoms with Gasteiger partial charge in [-0.15, -0.1) is 0 Å². The summed E-state index contributed by atoms with van der Waals surface area (Å²) < 4.78 is 54.4. The zero-order valence-corrected chi connectivity index (χ0v) is 19.4. The Morgan fingerprint density at radius 2 is 1.97 bits per heavy atom. The number of amides is 2. The van der Waals surface area contributed by atoms with Gasteiger partial charge in [-0.25, -0.2) is 4.79 Å². The maximum absolute atomic E-state index is 13.3. The van der Waals surface area contributed by atoms with Crippen molar-refractivity contribution in [3.05, 3.63) is 58.9 Å². The summed E-state index contributed by atoms with van der Waals surface area (Å²) in [7, 11) is 1.37. The monoisotopic (exact) mass is 525 g/mol. The molecule has 2 heterocycles. The molecule has 1 fully saturated rings. The first-order valence-corrected chi connectivity index (χ1v) is 10.8. The van der Waals surface area contributed by atoms with Crippen LogP contribution < -0.4 is 25.4 Å². The molecule has 0 atom stereocenters. The molecular formula is C22H19ClF3N5O5. The zero-order chi connectivity index (χ0) is 25.9. The van der Waals surface area contributed by atoms with Gasteiger partial charge in [0.1, 0.15) is 5.54 Å². The largest absolute Gasteiger partial charge is 0.479 e. The average Bonchev–Trinajstić information content (AvgIpc) is 3.47. The number of methoxy groups -OCH3 is 1. The quantitative estimate of drug-likeness (QED) is 0.394. The first-order chi connectivity index (χ1) is 17.1. The fraction of sp³-hybridized carbons (Fsp3) is 0.273. The summed E-state index contributed by atoms with van der Waals surface area (Å²) in [6.45, 7) is 0.0334. The first kappa shape index (κ1) is 25.1. The summed E-state index contributed by atoms with van der Waals surface area (Å²) in [5.41, 5.74) is -1.44. The van der Waals surface area contributed by atoms with Gasteiger partial charge in [-0.2, -0.15) is 13.2 Å². The molecule has 190 valence electrons. The molecule has 2 amide bonds. The molecule has 14 heteroatoms. The molecule has 0 spiro atoms. The molecule has 10 nitrogen and oxygen atoms in total. The zero-order valence-electron chi connectivity index (χ0n) is 18.6. The lowest BCUT2D eigenvalue weighted by molar-refractivity contribution is -0.137. The van der Waals surface area contributed by atoms with Crippen LogP contribution in [-0.2, 0) is 17.5 Å². The van der Waals surface area contributed by atoms with Crippen molar-refractivity contribution in [1.29, 1.82) is 0 Å². The van der Waals surface area contributed by atoms with Crippen LogP contribution in [0.2, 0.25) is 5.02 Å². The number of hydrogen-bond donors (Lipinski definition) is 3. The lowest BCUT2D eigenvalue weighted by atomic mass is 10.1. The van der Waals surface area contributed by atoms with E-state index in [9.17, 15) is 22.8 Å². The van der Waals surface area contributed by atoms with Crippen molar-refractivity contribution in [3.63, 3.8) is 0 Å². The van der Waals surface area contributed by atoms with E-state index in [0.29, 0.717) is 24.2 Å². The van der Waals surface area contributed by atoms with Crippen LogP contribution in [0, 0.1) is 0 Å². The van der Waals surface area contributed by atoms with Gasteiger partial charge in [0.05, 0.1) is 48.5 Å². The minimum absolute atomic E-state index is 0.0334. The van der Waals surface area contributed by atoms with Gasteiger partial charge in [-0.1, -0.05) is 11.6 Å². The number of aromatic nitrogens is 2. The fourth-order valence-electron chi connectivity index (χ4n) is 3.19. The molecule has 1 aliphatic carbocycles. The van der Waals surface area contributed by atoms with Crippen molar-refractivity contribution in [2.45, 2.75) is 31.1 Å². The Hall–Kier alpha value is -4.00. The number of alkyl halides is 3. The molecule has 0 aliphatic heterocycles. The van der Waals surface area contributed by atoms with E-state index in [-0.39, 0.29) is 29.1 Å². The van der Waals surface area contributed by atoms with Gasteiger partial charge in [0.2, 0.25) is 5.91 Å².